The summed E-state index contributed by atoms with van der Waals surface area (Å²) in [6.45, 7) is 2.81. The Labute approximate surface area is 164 Å². The molecule has 0 atom stereocenters. The Bertz CT molecular complexity index is 693. The van der Waals surface area contributed by atoms with E-state index in [1.165, 1.54) is 5.56 Å². The van der Waals surface area contributed by atoms with Crippen LogP contribution in [-0.4, -0.2) is 49.0 Å². The van der Waals surface area contributed by atoms with E-state index in [1.54, 1.807) is 7.11 Å². The first-order valence-electron chi connectivity index (χ1n) is 9.00. The molecule has 0 fully saturated rings. The molecule has 28 heavy (non-hydrogen) atoms. The van der Waals surface area contributed by atoms with Crippen LogP contribution in [0.3, 0.4) is 0 Å². The van der Waals surface area contributed by atoms with E-state index in [0.717, 1.165) is 50.5 Å². The number of ether oxygens (including phenoxy) is 2. The third-order valence-electron chi connectivity index (χ3n) is 3.67. The predicted octanol–water partition coefficient (Wildman–Crippen LogP) is 2.84. The van der Waals surface area contributed by atoms with Crippen LogP contribution >= 0.6 is 0 Å². The monoisotopic (exact) mass is 389 g/mol. The average Bonchev–Trinajstić information content (AvgIpc) is 2.71. The molecule has 2 aromatic rings. The maximum atomic E-state index is 9.10. The molecule has 0 heterocycles. The van der Waals surface area contributed by atoms with Gasteiger partial charge in [-0.05, 0) is 50.0 Å². The molecular weight excluding hydrogens is 362 g/mol. The molecule has 0 aliphatic rings. The molecule has 2 aromatic carbocycles. The minimum atomic E-state index is -1.82. The minimum absolute atomic E-state index is 0.744. The standard InChI is InChI=1S/C19H25NO2.C2H2O4/c1-21-18-10-7-11-19(16-18)22-15-6-5-13-20-14-12-17-8-3-2-4-9-17;3-1(4)2(5)6/h2-4,7-11,16,20H,5-6,12-15H2,1H3;(H,3,4)(H,5,6). The maximum absolute atomic E-state index is 9.10. The second-order valence-corrected chi connectivity index (χ2v) is 5.83. The van der Waals surface area contributed by atoms with Crippen molar-refractivity contribution in [2.45, 2.75) is 19.3 Å². The molecule has 0 bridgehead atoms. The molecule has 0 saturated carbocycles. The average molecular weight is 389 g/mol. The van der Waals surface area contributed by atoms with Crippen LogP contribution < -0.4 is 14.8 Å². The second kappa shape index (κ2) is 14.1. The van der Waals surface area contributed by atoms with Crippen molar-refractivity contribution in [3.63, 3.8) is 0 Å². The smallest absolute Gasteiger partial charge is 0.414 e. The van der Waals surface area contributed by atoms with Crippen molar-refractivity contribution in [1.82, 2.24) is 5.32 Å². The van der Waals surface area contributed by atoms with E-state index in [2.05, 4.69) is 35.6 Å². The Morgan fingerprint density at radius 3 is 2.21 bits per heavy atom. The number of unbranched alkanes of at least 4 members (excludes halogenated alkanes) is 1. The lowest BCUT2D eigenvalue weighted by molar-refractivity contribution is -0.159. The molecule has 7 heteroatoms. The van der Waals surface area contributed by atoms with Gasteiger partial charge in [0, 0.05) is 6.07 Å². The van der Waals surface area contributed by atoms with Crippen LogP contribution in [0.4, 0.5) is 0 Å². The highest BCUT2D eigenvalue weighted by atomic mass is 16.5. The normalized spacial score (nSPS) is 9.75. The maximum Gasteiger partial charge on any atom is 0.414 e. The largest absolute Gasteiger partial charge is 0.497 e. The Hall–Kier alpha value is -3.06. The summed E-state index contributed by atoms with van der Waals surface area (Å²) in [4.78, 5) is 18.2. The van der Waals surface area contributed by atoms with Gasteiger partial charge in [-0.1, -0.05) is 36.4 Å². The lowest BCUT2D eigenvalue weighted by Crippen LogP contribution is -2.19. The van der Waals surface area contributed by atoms with E-state index in [4.69, 9.17) is 29.3 Å². The van der Waals surface area contributed by atoms with Gasteiger partial charge in [0.05, 0.1) is 13.7 Å². The summed E-state index contributed by atoms with van der Waals surface area (Å²) >= 11 is 0. The molecule has 0 radical (unpaired) electrons. The van der Waals surface area contributed by atoms with Crippen molar-refractivity contribution in [1.29, 1.82) is 0 Å². The van der Waals surface area contributed by atoms with Crippen molar-refractivity contribution in [3.8, 4) is 11.5 Å². The Morgan fingerprint density at radius 2 is 1.57 bits per heavy atom. The fourth-order valence-corrected chi connectivity index (χ4v) is 2.24. The molecule has 0 amide bonds. The fourth-order valence-electron chi connectivity index (χ4n) is 2.24. The predicted molar refractivity (Wildman–Crippen MR) is 106 cm³/mol. The molecule has 0 aliphatic heterocycles. The molecule has 0 spiro atoms. The molecular formula is C21H27NO6. The lowest BCUT2D eigenvalue weighted by Gasteiger charge is -2.08. The first kappa shape index (κ1) is 23.0. The molecule has 0 aliphatic carbocycles. The van der Waals surface area contributed by atoms with E-state index < -0.39 is 11.9 Å². The third-order valence-corrected chi connectivity index (χ3v) is 3.67. The van der Waals surface area contributed by atoms with Crippen molar-refractivity contribution in [2.24, 2.45) is 0 Å². The fraction of sp³-hybridized carbons (Fsp3) is 0.333. The van der Waals surface area contributed by atoms with Crippen LogP contribution in [0.2, 0.25) is 0 Å². The number of carboxylic acids is 2. The van der Waals surface area contributed by atoms with Crippen molar-refractivity contribution < 1.29 is 29.3 Å². The van der Waals surface area contributed by atoms with Crippen LogP contribution in [-0.2, 0) is 16.0 Å². The van der Waals surface area contributed by atoms with Crippen LogP contribution in [0, 0.1) is 0 Å². The first-order valence-corrected chi connectivity index (χ1v) is 9.00. The van der Waals surface area contributed by atoms with E-state index in [0.29, 0.717) is 0 Å². The summed E-state index contributed by atoms with van der Waals surface area (Å²) in [7, 11) is 1.67. The summed E-state index contributed by atoms with van der Waals surface area (Å²) in [5.41, 5.74) is 1.39. The molecule has 2 rings (SSSR count). The van der Waals surface area contributed by atoms with Crippen LogP contribution in [0.1, 0.15) is 18.4 Å². The number of nitrogens with one attached hydrogen (secondary N) is 1. The quantitative estimate of drug-likeness (QED) is 0.424. The zero-order chi connectivity index (χ0) is 20.6. The van der Waals surface area contributed by atoms with Crippen LogP contribution in [0.15, 0.2) is 54.6 Å². The highest BCUT2D eigenvalue weighted by molar-refractivity contribution is 6.27. The van der Waals surface area contributed by atoms with Gasteiger partial charge in [-0.3, -0.25) is 0 Å². The lowest BCUT2D eigenvalue weighted by atomic mass is 10.1. The number of carbonyl (C=O) groups is 2. The molecule has 0 saturated heterocycles. The number of carboxylic acid groups (broad SMARTS) is 2. The summed E-state index contributed by atoms with van der Waals surface area (Å²) in [6, 6.07) is 18.3. The Kier molecular flexibility index (Phi) is 11.5. The van der Waals surface area contributed by atoms with Crippen LogP contribution in [0.5, 0.6) is 11.5 Å². The zero-order valence-corrected chi connectivity index (χ0v) is 16.0. The van der Waals surface area contributed by atoms with E-state index in [-0.39, 0.29) is 0 Å². The third kappa shape index (κ3) is 10.8. The number of aliphatic carboxylic acids is 2. The van der Waals surface area contributed by atoms with E-state index in [9.17, 15) is 0 Å². The van der Waals surface area contributed by atoms with Gasteiger partial charge in [-0.2, -0.15) is 0 Å². The van der Waals surface area contributed by atoms with Crippen molar-refractivity contribution >= 4 is 11.9 Å². The number of rotatable bonds is 10. The highest BCUT2D eigenvalue weighted by Crippen LogP contribution is 2.18. The summed E-state index contributed by atoms with van der Waals surface area (Å²) in [5.74, 6) is -1.94. The number of benzene rings is 2. The molecule has 7 nitrogen and oxygen atoms in total. The topological polar surface area (TPSA) is 105 Å². The second-order valence-electron chi connectivity index (χ2n) is 5.83. The number of hydrogen-bond acceptors (Lipinski definition) is 5. The van der Waals surface area contributed by atoms with Gasteiger partial charge in [-0.15, -0.1) is 0 Å². The molecule has 3 N–H and O–H groups in total. The summed E-state index contributed by atoms with van der Waals surface area (Å²) in [5, 5.41) is 18.3. The Morgan fingerprint density at radius 1 is 0.893 bits per heavy atom. The van der Waals surface area contributed by atoms with Gasteiger partial charge >= 0.3 is 11.9 Å². The van der Waals surface area contributed by atoms with Gasteiger partial charge in [0.2, 0.25) is 0 Å². The van der Waals surface area contributed by atoms with Crippen LogP contribution in [0.25, 0.3) is 0 Å². The van der Waals surface area contributed by atoms with Gasteiger partial charge in [0.15, 0.2) is 0 Å². The number of hydrogen-bond donors (Lipinski definition) is 3. The van der Waals surface area contributed by atoms with Gasteiger partial charge in [-0.25, -0.2) is 9.59 Å². The van der Waals surface area contributed by atoms with Crippen molar-refractivity contribution in [2.75, 3.05) is 26.8 Å². The van der Waals surface area contributed by atoms with Gasteiger partial charge in [0.25, 0.3) is 0 Å². The molecule has 0 unspecified atom stereocenters. The number of methoxy groups -OCH3 is 1. The first-order chi connectivity index (χ1) is 13.5. The van der Waals surface area contributed by atoms with Gasteiger partial charge in [0.1, 0.15) is 11.5 Å². The Balaban J connectivity index is 0.000000568. The van der Waals surface area contributed by atoms with E-state index >= 15 is 0 Å². The summed E-state index contributed by atoms with van der Waals surface area (Å²) < 4.78 is 10.9. The minimum Gasteiger partial charge on any atom is -0.497 e. The molecule has 152 valence electrons. The zero-order valence-electron chi connectivity index (χ0n) is 16.0. The molecule has 0 aromatic heterocycles. The van der Waals surface area contributed by atoms with Crippen molar-refractivity contribution in [3.05, 3.63) is 60.2 Å². The summed E-state index contributed by atoms with van der Waals surface area (Å²) in [6.07, 6.45) is 3.26. The van der Waals surface area contributed by atoms with E-state index in [1.807, 2.05) is 24.3 Å². The van der Waals surface area contributed by atoms with Gasteiger partial charge < -0.3 is 25.0 Å². The highest BCUT2D eigenvalue weighted by Gasteiger charge is 2.04. The SMILES string of the molecule is COc1cccc(OCCCCNCCc2ccccc2)c1.O=C(O)C(=O)O.